The molecule has 0 bridgehead atoms. The van der Waals surface area contributed by atoms with Crippen molar-refractivity contribution in [2.75, 3.05) is 12.8 Å². The molecule has 3 heteroatoms. The highest BCUT2D eigenvalue weighted by Gasteiger charge is 2.11. The van der Waals surface area contributed by atoms with Gasteiger partial charge in [0.1, 0.15) is 5.82 Å². The van der Waals surface area contributed by atoms with E-state index in [0.29, 0.717) is 5.56 Å². The molecule has 0 amide bonds. The van der Waals surface area contributed by atoms with Crippen molar-refractivity contribution in [2.45, 2.75) is 24.8 Å². The van der Waals surface area contributed by atoms with E-state index < -0.39 is 0 Å². The van der Waals surface area contributed by atoms with E-state index in [1.807, 2.05) is 30.9 Å². The first-order valence-corrected chi connectivity index (χ1v) is 7.72. The Hall–Kier alpha value is -1.32. The van der Waals surface area contributed by atoms with Gasteiger partial charge >= 0.3 is 0 Å². The zero-order valence-corrected chi connectivity index (χ0v) is 12.9. The topological polar surface area (TPSA) is 12.0 Å². The molecule has 2 rings (SSSR count). The number of thioether (sulfide) groups is 1. The average Bonchev–Trinajstić information content (AvgIpc) is 2.45. The molecule has 0 aromatic heterocycles. The van der Waals surface area contributed by atoms with Gasteiger partial charge in [0.15, 0.2) is 0 Å². The van der Waals surface area contributed by atoms with Crippen LogP contribution in [-0.4, -0.2) is 12.8 Å². The van der Waals surface area contributed by atoms with Crippen LogP contribution in [0.3, 0.4) is 0 Å². The zero-order chi connectivity index (χ0) is 14.5. The van der Waals surface area contributed by atoms with Crippen molar-refractivity contribution in [1.82, 2.24) is 5.32 Å². The molecule has 0 aliphatic heterocycles. The lowest BCUT2D eigenvalue weighted by molar-refractivity contribution is 0.611. The summed E-state index contributed by atoms with van der Waals surface area (Å²) in [6, 6.07) is 13.9. The highest BCUT2D eigenvalue weighted by atomic mass is 32.2. The molecule has 0 spiro atoms. The second kappa shape index (κ2) is 6.91. The first kappa shape index (κ1) is 15.1. The van der Waals surface area contributed by atoms with Gasteiger partial charge in [-0.2, -0.15) is 0 Å². The Kier molecular flexibility index (Phi) is 5.21. The van der Waals surface area contributed by atoms with Gasteiger partial charge in [-0.3, -0.25) is 0 Å². The van der Waals surface area contributed by atoms with Gasteiger partial charge in [-0.15, -0.1) is 11.8 Å². The monoisotopic (exact) mass is 289 g/mol. The summed E-state index contributed by atoms with van der Waals surface area (Å²) in [5.41, 5.74) is 3.12. The maximum atomic E-state index is 13.3. The molecule has 2 aromatic rings. The Morgan fingerprint density at radius 2 is 1.85 bits per heavy atom. The van der Waals surface area contributed by atoms with E-state index in [4.69, 9.17) is 0 Å². The van der Waals surface area contributed by atoms with Crippen LogP contribution in [0.1, 0.15) is 22.7 Å². The number of rotatable bonds is 5. The van der Waals surface area contributed by atoms with Crippen molar-refractivity contribution in [1.29, 1.82) is 0 Å². The molecule has 0 radical (unpaired) electrons. The summed E-state index contributed by atoms with van der Waals surface area (Å²) < 4.78 is 13.3. The molecule has 0 heterocycles. The van der Waals surface area contributed by atoms with E-state index in [-0.39, 0.29) is 11.9 Å². The van der Waals surface area contributed by atoms with Crippen LogP contribution in [-0.2, 0) is 0 Å². The second-order valence-corrected chi connectivity index (χ2v) is 5.99. The molecule has 0 aliphatic rings. The number of hydrogen-bond acceptors (Lipinski definition) is 2. The lowest BCUT2D eigenvalue weighted by Crippen LogP contribution is -2.19. The molecule has 2 aromatic carbocycles. The Morgan fingerprint density at radius 3 is 2.50 bits per heavy atom. The van der Waals surface area contributed by atoms with Crippen molar-refractivity contribution in [2.24, 2.45) is 0 Å². The van der Waals surface area contributed by atoms with Crippen LogP contribution in [0.5, 0.6) is 0 Å². The summed E-state index contributed by atoms with van der Waals surface area (Å²) in [4.78, 5) is 1.30. The summed E-state index contributed by atoms with van der Waals surface area (Å²) in [6.45, 7) is 3.93. The normalized spacial score (nSPS) is 12.4. The number of nitrogens with one attached hydrogen (secondary N) is 1. The highest BCUT2D eigenvalue weighted by molar-refractivity contribution is 7.99. The minimum atomic E-state index is -0.143. The van der Waals surface area contributed by atoms with Crippen LogP contribution in [0.4, 0.5) is 4.39 Å². The molecule has 0 fully saturated rings. The Balaban J connectivity index is 2.09. The predicted molar refractivity (Wildman–Crippen MR) is 84.8 cm³/mol. The largest absolute Gasteiger partial charge is 0.312 e. The number of aryl methyl sites for hydroxylation is 2. The van der Waals surface area contributed by atoms with Crippen molar-refractivity contribution < 1.29 is 4.39 Å². The minimum absolute atomic E-state index is 0.143. The molecular formula is C17H20FNS. The van der Waals surface area contributed by atoms with Crippen LogP contribution < -0.4 is 5.32 Å². The predicted octanol–water partition coefficient (Wildman–Crippen LogP) is 4.50. The summed E-state index contributed by atoms with van der Waals surface area (Å²) in [5, 5.41) is 3.31. The van der Waals surface area contributed by atoms with Crippen LogP contribution in [0.15, 0.2) is 47.4 Å². The Bertz CT molecular complexity index is 583. The number of halogens is 1. The van der Waals surface area contributed by atoms with Gasteiger partial charge in [-0.05, 0) is 49.7 Å². The first-order valence-electron chi connectivity index (χ1n) is 6.73. The molecule has 20 heavy (non-hydrogen) atoms. The standard InChI is InChI=1S/C17H20FNS/c1-12-6-4-5-7-17(12)20-11-16(19-3)14-8-9-15(18)13(2)10-14/h4-10,16,19H,11H2,1-3H3. The highest BCUT2D eigenvalue weighted by Crippen LogP contribution is 2.27. The fourth-order valence-corrected chi connectivity index (χ4v) is 3.30. The minimum Gasteiger partial charge on any atom is -0.312 e. The van der Waals surface area contributed by atoms with Gasteiger partial charge in [-0.25, -0.2) is 4.39 Å². The van der Waals surface area contributed by atoms with Gasteiger partial charge in [0.25, 0.3) is 0 Å². The SMILES string of the molecule is CNC(CSc1ccccc1C)c1ccc(F)c(C)c1. The number of benzene rings is 2. The molecule has 1 atom stereocenters. The molecule has 1 N–H and O–H groups in total. The van der Waals surface area contributed by atoms with Crippen molar-refractivity contribution in [3.05, 3.63) is 65.0 Å². The van der Waals surface area contributed by atoms with E-state index in [2.05, 4.69) is 36.5 Å². The first-order chi connectivity index (χ1) is 9.61. The summed E-state index contributed by atoms with van der Waals surface area (Å²) in [6.07, 6.45) is 0. The molecule has 1 nitrogen and oxygen atoms in total. The Labute approximate surface area is 124 Å². The van der Waals surface area contributed by atoms with Crippen LogP contribution in [0.2, 0.25) is 0 Å². The maximum absolute atomic E-state index is 13.3. The van der Waals surface area contributed by atoms with E-state index >= 15 is 0 Å². The smallest absolute Gasteiger partial charge is 0.126 e. The van der Waals surface area contributed by atoms with E-state index in [1.54, 1.807) is 13.0 Å². The van der Waals surface area contributed by atoms with E-state index in [9.17, 15) is 4.39 Å². The summed E-state index contributed by atoms with van der Waals surface area (Å²) in [5.74, 6) is 0.780. The van der Waals surface area contributed by atoms with E-state index in [0.717, 1.165) is 11.3 Å². The van der Waals surface area contributed by atoms with Gasteiger partial charge < -0.3 is 5.32 Å². The molecular weight excluding hydrogens is 269 g/mol. The maximum Gasteiger partial charge on any atom is 0.126 e. The van der Waals surface area contributed by atoms with Crippen molar-refractivity contribution >= 4 is 11.8 Å². The quantitative estimate of drug-likeness (QED) is 0.814. The summed E-state index contributed by atoms with van der Waals surface area (Å²) >= 11 is 1.83. The average molecular weight is 289 g/mol. The molecule has 0 saturated heterocycles. The van der Waals surface area contributed by atoms with E-state index in [1.165, 1.54) is 10.5 Å². The third-order valence-corrected chi connectivity index (χ3v) is 4.70. The van der Waals surface area contributed by atoms with Gasteiger partial charge in [0.05, 0.1) is 0 Å². The fraction of sp³-hybridized carbons (Fsp3) is 0.294. The molecule has 1 unspecified atom stereocenters. The third kappa shape index (κ3) is 3.62. The molecule has 0 aliphatic carbocycles. The lowest BCUT2D eigenvalue weighted by Gasteiger charge is -2.17. The third-order valence-electron chi connectivity index (χ3n) is 3.43. The lowest BCUT2D eigenvalue weighted by atomic mass is 10.1. The summed E-state index contributed by atoms with van der Waals surface area (Å²) in [7, 11) is 1.95. The second-order valence-electron chi connectivity index (χ2n) is 4.93. The van der Waals surface area contributed by atoms with Crippen molar-refractivity contribution in [3.63, 3.8) is 0 Å². The zero-order valence-electron chi connectivity index (χ0n) is 12.1. The van der Waals surface area contributed by atoms with Crippen LogP contribution >= 0.6 is 11.8 Å². The molecule has 106 valence electrons. The van der Waals surface area contributed by atoms with Gasteiger partial charge in [0, 0.05) is 16.7 Å². The number of hydrogen-bond donors (Lipinski definition) is 1. The van der Waals surface area contributed by atoms with Crippen LogP contribution in [0, 0.1) is 19.7 Å². The van der Waals surface area contributed by atoms with Crippen LogP contribution in [0.25, 0.3) is 0 Å². The van der Waals surface area contributed by atoms with Gasteiger partial charge in [0.2, 0.25) is 0 Å². The fourth-order valence-electron chi connectivity index (χ4n) is 2.12. The van der Waals surface area contributed by atoms with Gasteiger partial charge in [-0.1, -0.05) is 30.3 Å². The molecule has 0 saturated carbocycles. The van der Waals surface area contributed by atoms with Crippen molar-refractivity contribution in [3.8, 4) is 0 Å². The Morgan fingerprint density at radius 1 is 1.10 bits per heavy atom.